The summed E-state index contributed by atoms with van der Waals surface area (Å²) in [4.78, 5) is 0.625. The Kier molecular flexibility index (Phi) is 5.97. The van der Waals surface area contributed by atoms with Crippen LogP contribution in [0.3, 0.4) is 0 Å². The van der Waals surface area contributed by atoms with Gasteiger partial charge in [-0.2, -0.15) is 0 Å². The lowest BCUT2D eigenvalue weighted by molar-refractivity contribution is 0.182. The van der Waals surface area contributed by atoms with Gasteiger partial charge < -0.3 is 15.2 Å². The number of para-hydroxylation sites is 1. The van der Waals surface area contributed by atoms with E-state index in [1.54, 1.807) is 19.2 Å². The normalized spacial score (nSPS) is 15.0. The van der Waals surface area contributed by atoms with E-state index >= 15 is 0 Å². The third-order valence-corrected chi connectivity index (χ3v) is 4.04. The Labute approximate surface area is 117 Å². The lowest BCUT2D eigenvalue weighted by atomic mass is 10.1. The van der Waals surface area contributed by atoms with Crippen LogP contribution in [-0.2, 0) is 10.8 Å². The van der Waals surface area contributed by atoms with Crippen LogP contribution in [0.15, 0.2) is 29.2 Å². The summed E-state index contributed by atoms with van der Waals surface area (Å²) in [5, 5.41) is 13.1. The summed E-state index contributed by atoms with van der Waals surface area (Å²) in [5.74, 6) is 0.792. The zero-order valence-electron chi connectivity index (χ0n) is 12.0. The van der Waals surface area contributed by atoms with Crippen LogP contribution in [0.25, 0.3) is 0 Å². The molecule has 0 amide bonds. The SMILES string of the molecule is COc1ccccc1S(=O)CC(O)CNC(C)(C)C. The van der Waals surface area contributed by atoms with Gasteiger partial charge in [-0.3, -0.25) is 4.21 Å². The van der Waals surface area contributed by atoms with Gasteiger partial charge in [0.05, 0.1) is 34.7 Å². The molecule has 0 aliphatic rings. The highest BCUT2D eigenvalue weighted by Crippen LogP contribution is 2.21. The zero-order valence-corrected chi connectivity index (χ0v) is 12.8. The van der Waals surface area contributed by atoms with Crippen molar-refractivity contribution in [2.24, 2.45) is 0 Å². The van der Waals surface area contributed by atoms with E-state index < -0.39 is 16.9 Å². The maximum Gasteiger partial charge on any atom is 0.134 e. The van der Waals surface area contributed by atoms with Crippen molar-refractivity contribution in [3.63, 3.8) is 0 Å². The topological polar surface area (TPSA) is 58.6 Å². The van der Waals surface area contributed by atoms with E-state index in [9.17, 15) is 9.32 Å². The second kappa shape index (κ2) is 7.03. The molecule has 1 aromatic carbocycles. The third-order valence-electron chi connectivity index (χ3n) is 2.53. The highest BCUT2D eigenvalue weighted by molar-refractivity contribution is 7.85. The van der Waals surface area contributed by atoms with Crippen LogP contribution in [0.5, 0.6) is 5.75 Å². The van der Waals surface area contributed by atoms with Crippen molar-refractivity contribution in [2.75, 3.05) is 19.4 Å². The van der Waals surface area contributed by atoms with Crippen LogP contribution in [0.2, 0.25) is 0 Å². The molecule has 0 aromatic heterocycles. The molecular formula is C14H23NO3S. The second-order valence-corrected chi connectivity index (χ2v) is 6.91. The van der Waals surface area contributed by atoms with E-state index in [1.165, 1.54) is 0 Å². The molecule has 4 nitrogen and oxygen atoms in total. The number of nitrogens with one attached hydrogen (secondary N) is 1. The Bertz CT molecular complexity index is 429. The largest absolute Gasteiger partial charge is 0.495 e. The van der Waals surface area contributed by atoms with Gasteiger partial charge in [0.1, 0.15) is 5.75 Å². The molecule has 2 unspecified atom stereocenters. The van der Waals surface area contributed by atoms with E-state index in [0.29, 0.717) is 17.2 Å². The van der Waals surface area contributed by atoms with Crippen LogP contribution < -0.4 is 10.1 Å². The lowest BCUT2D eigenvalue weighted by Gasteiger charge is -2.22. The van der Waals surface area contributed by atoms with E-state index in [1.807, 2.05) is 32.9 Å². The molecule has 1 rings (SSSR count). The molecule has 0 spiro atoms. The van der Waals surface area contributed by atoms with Gasteiger partial charge >= 0.3 is 0 Å². The zero-order chi connectivity index (χ0) is 14.5. The minimum absolute atomic E-state index is 0.0626. The molecule has 0 aliphatic carbocycles. The van der Waals surface area contributed by atoms with Gasteiger partial charge in [0, 0.05) is 12.1 Å². The molecule has 0 saturated heterocycles. The van der Waals surface area contributed by atoms with E-state index in [-0.39, 0.29) is 11.3 Å². The number of hydrogen-bond donors (Lipinski definition) is 2. The Balaban J connectivity index is 2.59. The minimum Gasteiger partial charge on any atom is -0.495 e. The molecule has 2 N–H and O–H groups in total. The van der Waals surface area contributed by atoms with Crippen LogP contribution in [0.1, 0.15) is 20.8 Å². The summed E-state index contributed by atoms with van der Waals surface area (Å²) in [6, 6.07) is 7.18. The quantitative estimate of drug-likeness (QED) is 0.832. The summed E-state index contributed by atoms with van der Waals surface area (Å²) in [7, 11) is 0.281. The highest BCUT2D eigenvalue weighted by atomic mass is 32.2. The molecule has 0 heterocycles. The van der Waals surface area contributed by atoms with E-state index in [2.05, 4.69) is 5.32 Å². The number of benzene rings is 1. The second-order valence-electron chi connectivity index (χ2n) is 5.45. The Hall–Kier alpha value is -0.910. The number of aliphatic hydroxyl groups is 1. The van der Waals surface area contributed by atoms with Gasteiger partial charge in [-0.25, -0.2) is 0 Å². The van der Waals surface area contributed by atoms with Gasteiger partial charge in [-0.15, -0.1) is 0 Å². The molecule has 1 aromatic rings. The van der Waals surface area contributed by atoms with Crippen LogP contribution >= 0.6 is 0 Å². The summed E-state index contributed by atoms with van der Waals surface area (Å²) < 4.78 is 17.4. The fraction of sp³-hybridized carbons (Fsp3) is 0.571. The average Bonchev–Trinajstić information content (AvgIpc) is 2.35. The molecule has 5 heteroatoms. The van der Waals surface area contributed by atoms with Crippen molar-refractivity contribution in [1.29, 1.82) is 0 Å². The number of methoxy groups -OCH3 is 1. The first-order chi connectivity index (χ1) is 8.83. The molecule has 0 bridgehead atoms. The maximum absolute atomic E-state index is 12.2. The van der Waals surface area contributed by atoms with Crippen LogP contribution in [0, 0.1) is 0 Å². The van der Waals surface area contributed by atoms with Crippen LogP contribution in [-0.4, -0.2) is 40.4 Å². The summed E-state index contributed by atoms with van der Waals surface area (Å²) in [6.45, 7) is 6.50. The number of ether oxygens (including phenoxy) is 1. The first-order valence-corrected chi connectivity index (χ1v) is 7.60. The predicted octanol–water partition coefficient (Wildman–Crippen LogP) is 1.55. The van der Waals surface area contributed by atoms with E-state index in [4.69, 9.17) is 4.74 Å². The first-order valence-electron chi connectivity index (χ1n) is 6.28. The molecular weight excluding hydrogens is 262 g/mol. The fourth-order valence-corrected chi connectivity index (χ4v) is 2.81. The van der Waals surface area contributed by atoms with Gasteiger partial charge in [0.2, 0.25) is 0 Å². The molecule has 0 saturated carbocycles. The number of aliphatic hydroxyl groups excluding tert-OH is 1. The van der Waals surface area contributed by atoms with Crippen molar-refractivity contribution < 1.29 is 14.1 Å². The first kappa shape index (κ1) is 16.1. The number of β-amino-alcohol motifs (C(OH)–C–C–N with tert-alkyl or cyclic N) is 1. The molecule has 0 radical (unpaired) electrons. The predicted molar refractivity (Wildman–Crippen MR) is 78.0 cm³/mol. The van der Waals surface area contributed by atoms with Crippen molar-refractivity contribution >= 4 is 10.8 Å². The fourth-order valence-electron chi connectivity index (χ4n) is 1.55. The van der Waals surface area contributed by atoms with Gasteiger partial charge in [-0.05, 0) is 32.9 Å². The summed E-state index contributed by atoms with van der Waals surface area (Å²) >= 11 is 0. The Morgan fingerprint density at radius 3 is 2.58 bits per heavy atom. The standard InChI is InChI=1S/C14H23NO3S/c1-14(2,3)15-9-11(16)10-19(17)13-8-6-5-7-12(13)18-4/h5-8,11,15-16H,9-10H2,1-4H3. The molecule has 0 aliphatic heterocycles. The van der Waals surface area contributed by atoms with Gasteiger partial charge in [-0.1, -0.05) is 12.1 Å². The van der Waals surface area contributed by atoms with Gasteiger partial charge in [0.15, 0.2) is 0 Å². The minimum atomic E-state index is -1.27. The monoisotopic (exact) mass is 285 g/mol. The third kappa shape index (κ3) is 5.72. The van der Waals surface area contributed by atoms with Crippen LogP contribution in [0.4, 0.5) is 0 Å². The summed E-state index contributed by atoms with van der Waals surface area (Å²) in [6.07, 6.45) is -0.648. The smallest absolute Gasteiger partial charge is 0.134 e. The Morgan fingerprint density at radius 2 is 2.00 bits per heavy atom. The highest BCUT2D eigenvalue weighted by Gasteiger charge is 2.17. The van der Waals surface area contributed by atoms with Crippen molar-refractivity contribution in [2.45, 2.75) is 37.3 Å². The average molecular weight is 285 g/mol. The van der Waals surface area contributed by atoms with Gasteiger partial charge in [0.25, 0.3) is 0 Å². The number of hydrogen-bond acceptors (Lipinski definition) is 4. The maximum atomic E-state index is 12.2. The van der Waals surface area contributed by atoms with Crippen molar-refractivity contribution in [1.82, 2.24) is 5.32 Å². The van der Waals surface area contributed by atoms with Crippen molar-refractivity contribution in [3.8, 4) is 5.75 Å². The molecule has 0 fully saturated rings. The van der Waals surface area contributed by atoms with Crippen molar-refractivity contribution in [3.05, 3.63) is 24.3 Å². The molecule has 108 valence electrons. The Morgan fingerprint density at radius 1 is 1.37 bits per heavy atom. The summed E-state index contributed by atoms with van der Waals surface area (Å²) in [5.41, 5.74) is -0.0626. The molecule has 2 atom stereocenters. The number of rotatable bonds is 6. The lowest BCUT2D eigenvalue weighted by Crippen LogP contribution is -2.42. The van der Waals surface area contributed by atoms with E-state index in [0.717, 1.165) is 0 Å². The molecule has 19 heavy (non-hydrogen) atoms.